The number of benzene rings is 1. The monoisotopic (exact) mass is 281 g/mol. The Morgan fingerprint density at radius 1 is 1.21 bits per heavy atom. The molecule has 0 amide bonds. The van der Waals surface area contributed by atoms with Crippen molar-refractivity contribution in [3.8, 4) is 5.75 Å². The minimum atomic E-state index is -0.129. The van der Waals surface area contributed by atoms with Crippen LogP contribution in [0.3, 0.4) is 0 Å². The van der Waals surface area contributed by atoms with E-state index >= 15 is 0 Å². The van der Waals surface area contributed by atoms with E-state index in [1.54, 1.807) is 0 Å². The van der Waals surface area contributed by atoms with Crippen LogP contribution in [0.25, 0.3) is 0 Å². The summed E-state index contributed by atoms with van der Waals surface area (Å²) < 4.78 is 5.82. The van der Waals surface area contributed by atoms with Gasteiger partial charge >= 0.3 is 0 Å². The summed E-state index contributed by atoms with van der Waals surface area (Å²) in [7, 11) is 0. The van der Waals surface area contributed by atoms with Crippen LogP contribution in [0, 0.1) is 5.92 Å². The minimum Gasteiger partial charge on any atom is -0.488 e. The molecule has 1 saturated heterocycles. The van der Waals surface area contributed by atoms with Gasteiger partial charge in [0.25, 0.3) is 0 Å². The fourth-order valence-corrected chi connectivity index (χ4v) is 2.52. The van der Waals surface area contributed by atoms with E-state index in [2.05, 4.69) is 49.9 Å². The number of hydrogen-bond donors (Lipinski definition) is 0. The number of hydrogen-bond acceptors (Lipinski definition) is 2. The van der Waals surface area contributed by atoms with E-state index in [1.165, 1.54) is 5.56 Å². The van der Waals surface area contributed by atoms with E-state index in [4.69, 9.17) is 16.3 Å². The van der Waals surface area contributed by atoms with Gasteiger partial charge in [-0.1, -0.05) is 12.1 Å². The van der Waals surface area contributed by atoms with Gasteiger partial charge in [-0.25, -0.2) is 0 Å². The van der Waals surface area contributed by atoms with Gasteiger partial charge in [0, 0.05) is 25.5 Å². The highest BCUT2D eigenvalue weighted by atomic mass is 35.5. The highest BCUT2D eigenvalue weighted by Gasteiger charge is 2.24. The first kappa shape index (κ1) is 14.7. The maximum atomic E-state index is 5.82. The molecule has 0 radical (unpaired) electrons. The quantitative estimate of drug-likeness (QED) is 0.765. The summed E-state index contributed by atoms with van der Waals surface area (Å²) in [4.78, 5) is 2.46. The number of ether oxygens (including phenoxy) is 1. The summed E-state index contributed by atoms with van der Waals surface area (Å²) in [6.07, 6.45) is 1.10. The molecule has 106 valence electrons. The number of nitrogens with zero attached hydrogens (tertiary/aromatic N) is 1. The third-order valence-electron chi connectivity index (χ3n) is 3.32. The molecule has 1 heterocycles. The summed E-state index contributed by atoms with van der Waals surface area (Å²) in [6.45, 7) is 9.66. The Kier molecular flexibility index (Phi) is 4.75. The minimum absolute atomic E-state index is 0.129. The van der Waals surface area contributed by atoms with E-state index < -0.39 is 0 Å². The molecule has 0 aromatic heterocycles. The predicted octanol–water partition coefficient (Wildman–Crippen LogP) is 3.58. The van der Waals surface area contributed by atoms with Gasteiger partial charge in [-0.05, 0) is 50.8 Å². The summed E-state index contributed by atoms with van der Waals surface area (Å²) in [5.74, 6) is 2.46. The van der Waals surface area contributed by atoms with Crippen LogP contribution in [-0.4, -0.2) is 36.0 Å². The lowest BCUT2D eigenvalue weighted by Crippen LogP contribution is -2.48. The first-order valence-corrected chi connectivity index (χ1v) is 7.56. The zero-order valence-electron chi connectivity index (χ0n) is 12.2. The molecule has 0 bridgehead atoms. The fourth-order valence-electron chi connectivity index (χ4n) is 2.32. The van der Waals surface area contributed by atoms with Crippen molar-refractivity contribution in [3.63, 3.8) is 0 Å². The standard InChI is InChI=1S/C16H24ClNO/c1-16(2,3)19-15-6-4-13(5-7-15)8-9-18-11-14(10-17)12-18/h4-7,14H,8-12H2,1-3H3. The molecule has 0 atom stereocenters. The first-order valence-electron chi connectivity index (χ1n) is 7.02. The molecule has 2 rings (SSSR count). The third kappa shape index (κ3) is 4.70. The molecular weight excluding hydrogens is 258 g/mol. The number of likely N-dealkylation sites (tertiary alicyclic amines) is 1. The average Bonchev–Trinajstić information content (AvgIpc) is 2.27. The molecule has 0 N–H and O–H groups in total. The molecule has 1 aromatic carbocycles. The van der Waals surface area contributed by atoms with Crippen molar-refractivity contribution in [2.24, 2.45) is 5.92 Å². The van der Waals surface area contributed by atoms with Crippen molar-refractivity contribution < 1.29 is 4.74 Å². The lowest BCUT2D eigenvalue weighted by Gasteiger charge is -2.38. The van der Waals surface area contributed by atoms with Gasteiger partial charge in [-0.2, -0.15) is 0 Å². The summed E-state index contributed by atoms with van der Waals surface area (Å²) >= 11 is 5.82. The molecule has 1 aromatic rings. The second kappa shape index (κ2) is 6.15. The maximum absolute atomic E-state index is 5.82. The molecule has 0 aliphatic carbocycles. The summed E-state index contributed by atoms with van der Waals surface area (Å²) in [6, 6.07) is 8.47. The van der Waals surface area contributed by atoms with Crippen LogP contribution in [-0.2, 0) is 6.42 Å². The van der Waals surface area contributed by atoms with Crippen molar-refractivity contribution in [1.82, 2.24) is 4.90 Å². The van der Waals surface area contributed by atoms with E-state index in [1.807, 2.05) is 0 Å². The van der Waals surface area contributed by atoms with Crippen LogP contribution in [0.5, 0.6) is 5.75 Å². The molecule has 3 heteroatoms. The Labute approximate surface area is 121 Å². The largest absolute Gasteiger partial charge is 0.488 e. The lowest BCUT2D eigenvalue weighted by molar-refractivity contribution is 0.117. The van der Waals surface area contributed by atoms with Crippen molar-refractivity contribution in [2.45, 2.75) is 32.8 Å². The fraction of sp³-hybridized carbons (Fsp3) is 0.625. The topological polar surface area (TPSA) is 12.5 Å². The predicted molar refractivity (Wildman–Crippen MR) is 81.2 cm³/mol. The van der Waals surface area contributed by atoms with Crippen LogP contribution in [0.2, 0.25) is 0 Å². The average molecular weight is 282 g/mol. The number of rotatable bonds is 5. The van der Waals surface area contributed by atoms with Gasteiger partial charge < -0.3 is 9.64 Å². The Hall–Kier alpha value is -0.730. The smallest absolute Gasteiger partial charge is 0.120 e. The normalized spacial score (nSPS) is 17.3. The third-order valence-corrected chi connectivity index (χ3v) is 3.75. The Bertz CT molecular complexity index is 390. The Balaban J connectivity index is 1.76. The van der Waals surface area contributed by atoms with E-state index in [0.29, 0.717) is 5.92 Å². The second-order valence-electron chi connectivity index (χ2n) is 6.39. The number of halogens is 1. The summed E-state index contributed by atoms with van der Waals surface area (Å²) in [5, 5.41) is 0. The highest BCUT2D eigenvalue weighted by molar-refractivity contribution is 6.18. The van der Waals surface area contributed by atoms with Crippen LogP contribution in [0.15, 0.2) is 24.3 Å². The van der Waals surface area contributed by atoms with E-state index in [9.17, 15) is 0 Å². The second-order valence-corrected chi connectivity index (χ2v) is 6.70. The van der Waals surface area contributed by atoms with Crippen LogP contribution < -0.4 is 4.74 Å². The summed E-state index contributed by atoms with van der Waals surface area (Å²) in [5.41, 5.74) is 1.24. The van der Waals surface area contributed by atoms with Crippen LogP contribution in [0.4, 0.5) is 0 Å². The van der Waals surface area contributed by atoms with Gasteiger partial charge in [0.05, 0.1) is 0 Å². The van der Waals surface area contributed by atoms with Gasteiger partial charge in [-0.3, -0.25) is 0 Å². The number of alkyl halides is 1. The molecule has 1 aliphatic rings. The van der Waals surface area contributed by atoms with Gasteiger partial charge in [0.15, 0.2) is 0 Å². The van der Waals surface area contributed by atoms with Crippen molar-refractivity contribution in [3.05, 3.63) is 29.8 Å². The van der Waals surface area contributed by atoms with Gasteiger partial charge in [-0.15, -0.1) is 11.6 Å². The zero-order chi connectivity index (χ0) is 13.9. The molecule has 0 unspecified atom stereocenters. The molecule has 1 aliphatic heterocycles. The van der Waals surface area contributed by atoms with Gasteiger partial charge in [0.1, 0.15) is 11.4 Å². The van der Waals surface area contributed by atoms with E-state index in [-0.39, 0.29) is 5.60 Å². The van der Waals surface area contributed by atoms with Crippen LogP contribution >= 0.6 is 11.6 Å². The van der Waals surface area contributed by atoms with Crippen molar-refractivity contribution >= 4 is 11.6 Å². The van der Waals surface area contributed by atoms with Gasteiger partial charge in [0.2, 0.25) is 0 Å². The van der Waals surface area contributed by atoms with Crippen molar-refractivity contribution in [2.75, 3.05) is 25.5 Å². The molecular formula is C16H24ClNO. The first-order chi connectivity index (χ1) is 8.96. The van der Waals surface area contributed by atoms with Crippen molar-refractivity contribution in [1.29, 1.82) is 0 Å². The maximum Gasteiger partial charge on any atom is 0.120 e. The molecule has 0 saturated carbocycles. The lowest BCUT2D eigenvalue weighted by atomic mass is 10.0. The Morgan fingerprint density at radius 3 is 2.37 bits per heavy atom. The molecule has 0 spiro atoms. The SMILES string of the molecule is CC(C)(C)Oc1ccc(CCN2CC(CCl)C2)cc1. The zero-order valence-corrected chi connectivity index (χ0v) is 12.9. The molecule has 1 fully saturated rings. The Morgan fingerprint density at radius 2 is 1.84 bits per heavy atom. The molecule has 19 heavy (non-hydrogen) atoms. The molecule has 2 nitrogen and oxygen atoms in total. The highest BCUT2D eigenvalue weighted by Crippen LogP contribution is 2.20. The van der Waals surface area contributed by atoms with E-state index in [0.717, 1.165) is 37.7 Å². The van der Waals surface area contributed by atoms with Crippen LogP contribution in [0.1, 0.15) is 26.3 Å².